The largest absolute Gasteiger partial charge is 0.465 e. The molecular formula is C28H43BrN2O6. The summed E-state index contributed by atoms with van der Waals surface area (Å²) in [5.41, 5.74) is -1.17. The number of unbranched alkanes of at least 4 members (excludes halogenated alkanes) is 2. The molecule has 8 nitrogen and oxygen atoms in total. The Morgan fingerprint density at radius 1 is 1.30 bits per heavy atom. The molecule has 37 heavy (non-hydrogen) atoms. The van der Waals surface area contributed by atoms with Crippen molar-refractivity contribution in [2.45, 2.75) is 94.5 Å². The van der Waals surface area contributed by atoms with Gasteiger partial charge in [-0.05, 0) is 45.4 Å². The summed E-state index contributed by atoms with van der Waals surface area (Å²) in [4.78, 5) is 44.8. The third-order valence-electron chi connectivity index (χ3n) is 8.36. The second-order valence-corrected chi connectivity index (χ2v) is 12.0. The topological polar surface area (TPSA) is 96.4 Å². The van der Waals surface area contributed by atoms with Crippen molar-refractivity contribution < 1.29 is 29.0 Å². The average Bonchev–Trinajstić information content (AvgIpc) is 3.45. The van der Waals surface area contributed by atoms with Gasteiger partial charge in [-0.3, -0.25) is 14.4 Å². The number of carbonyl (C=O) groups excluding carboxylic acids is 3. The number of aliphatic hydroxyl groups is 1. The van der Waals surface area contributed by atoms with Crippen LogP contribution in [0.4, 0.5) is 0 Å². The summed E-state index contributed by atoms with van der Waals surface area (Å²) in [6.07, 6.45) is 6.48. The summed E-state index contributed by atoms with van der Waals surface area (Å²) in [6, 6.07) is -1.66. The van der Waals surface area contributed by atoms with Crippen LogP contribution in [0.2, 0.25) is 0 Å². The summed E-state index contributed by atoms with van der Waals surface area (Å²) in [6.45, 7) is 15.6. The van der Waals surface area contributed by atoms with Crippen molar-refractivity contribution in [2.24, 2.45) is 17.8 Å². The number of hydrogen-bond donors (Lipinski definition) is 1. The lowest BCUT2D eigenvalue weighted by Gasteiger charge is -2.41. The Morgan fingerprint density at radius 3 is 2.57 bits per heavy atom. The lowest BCUT2D eigenvalue weighted by Crippen LogP contribution is -2.60. The Balaban J connectivity index is 2.03. The molecule has 1 N–H and O–H groups in total. The molecule has 0 radical (unpaired) electrons. The number of aliphatic hydroxyl groups excluding tert-OH is 1. The lowest BCUT2D eigenvalue weighted by atomic mass is 9.70. The van der Waals surface area contributed by atoms with Crippen LogP contribution in [0.15, 0.2) is 25.3 Å². The minimum atomic E-state index is -1.17. The first kappa shape index (κ1) is 29.8. The highest BCUT2D eigenvalue weighted by atomic mass is 79.9. The zero-order valence-electron chi connectivity index (χ0n) is 22.6. The van der Waals surface area contributed by atoms with Gasteiger partial charge in [-0.1, -0.05) is 48.4 Å². The van der Waals surface area contributed by atoms with E-state index < -0.39 is 41.6 Å². The number of esters is 1. The number of alkyl halides is 1. The molecule has 3 saturated heterocycles. The van der Waals surface area contributed by atoms with Crippen LogP contribution < -0.4 is 0 Å². The fraction of sp³-hybridized carbons (Fsp3) is 0.750. The van der Waals surface area contributed by atoms with Crippen LogP contribution in [0.1, 0.15) is 59.8 Å². The number of nitrogens with zero attached hydrogens (tertiary/aromatic N) is 2. The second kappa shape index (κ2) is 12.4. The highest BCUT2D eigenvalue weighted by Crippen LogP contribution is 2.61. The van der Waals surface area contributed by atoms with E-state index in [1.54, 1.807) is 15.9 Å². The van der Waals surface area contributed by atoms with Crippen molar-refractivity contribution in [3.05, 3.63) is 25.3 Å². The molecule has 1 spiro atoms. The number of hydrogen-bond acceptors (Lipinski definition) is 6. The molecule has 2 bridgehead atoms. The molecule has 208 valence electrons. The van der Waals surface area contributed by atoms with Gasteiger partial charge in [0.1, 0.15) is 11.6 Å². The number of allylic oxidation sites excluding steroid dienone is 1. The van der Waals surface area contributed by atoms with E-state index in [9.17, 15) is 19.5 Å². The third kappa shape index (κ3) is 5.28. The fourth-order valence-electron chi connectivity index (χ4n) is 6.30. The molecule has 0 aromatic carbocycles. The molecule has 3 aliphatic heterocycles. The van der Waals surface area contributed by atoms with Gasteiger partial charge in [-0.25, -0.2) is 0 Å². The smallest absolute Gasteiger partial charge is 0.312 e. The third-order valence-corrected chi connectivity index (χ3v) is 9.20. The number of ether oxygens (including phenoxy) is 2. The summed E-state index contributed by atoms with van der Waals surface area (Å²) >= 11 is 3.68. The van der Waals surface area contributed by atoms with Crippen molar-refractivity contribution in [3.63, 3.8) is 0 Å². The normalized spacial score (nSPS) is 31.8. The molecule has 0 aliphatic carbocycles. The molecule has 3 rings (SSSR count). The van der Waals surface area contributed by atoms with Gasteiger partial charge >= 0.3 is 5.97 Å². The number of halogens is 1. The van der Waals surface area contributed by atoms with Crippen LogP contribution in [-0.2, 0) is 23.9 Å². The van der Waals surface area contributed by atoms with Gasteiger partial charge < -0.3 is 24.4 Å². The van der Waals surface area contributed by atoms with Gasteiger partial charge in [0.25, 0.3) is 0 Å². The Bertz CT molecular complexity index is 881. The molecule has 0 aromatic rings. The predicted molar refractivity (Wildman–Crippen MR) is 145 cm³/mol. The molecule has 3 fully saturated rings. The number of carbonyl (C=O) groups is 3. The SMILES string of the molecule is C=CCCCCOC(=O)[C@H]1[C@@H]2OC3(CC2Br)C(C(=O)N(CC=C)C(C)C)N([C@@H](CO)[C@@H](C)CC)C(=O)[C@H]13. The molecule has 3 aliphatic rings. The minimum Gasteiger partial charge on any atom is -0.465 e. The minimum absolute atomic E-state index is 0.0568. The number of amides is 2. The van der Waals surface area contributed by atoms with Crippen LogP contribution in [-0.4, -0.2) is 87.1 Å². The molecule has 0 saturated carbocycles. The van der Waals surface area contributed by atoms with Gasteiger partial charge in [0.05, 0.1) is 37.2 Å². The van der Waals surface area contributed by atoms with Crippen LogP contribution >= 0.6 is 15.9 Å². The average molecular weight is 584 g/mol. The quantitative estimate of drug-likeness (QED) is 0.146. The number of fused-ring (bicyclic) bond motifs is 1. The second-order valence-electron chi connectivity index (χ2n) is 10.9. The maximum atomic E-state index is 14.2. The highest BCUT2D eigenvalue weighted by Gasteiger charge is 2.77. The Morgan fingerprint density at radius 2 is 2.00 bits per heavy atom. The molecule has 3 unspecified atom stereocenters. The zero-order chi connectivity index (χ0) is 27.5. The number of rotatable bonds is 14. The van der Waals surface area contributed by atoms with E-state index in [4.69, 9.17) is 9.47 Å². The zero-order valence-corrected chi connectivity index (χ0v) is 24.2. The van der Waals surface area contributed by atoms with Gasteiger partial charge in [-0.15, -0.1) is 13.2 Å². The van der Waals surface area contributed by atoms with Crippen molar-refractivity contribution in [2.75, 3.05) is 19.8 Å². The van der Waals surface area contributed by atoms with Crippen LogP contribution in [0, 0.1) is 17.8 Å². The van der Waals surface area contributed by atoms with Crippen molar-refractivity contribution >= 4 is 33.7 Å². The summed E-state index contributed by atoms with van der Waals surface area (Å²) in [7, 11) is 0. The maximum absolute atomic E-state index is 14.2. The van der Waals surface area contributed by atoms with Crippen molar-refractivity contribution in [1.29, 1.82) is 0 Å². The van der Waals surface area contributed by atoms with E-state index in [-0.39, 0.29) is 41.8 Å². The maximum Gasteiger partial charge on any atom is 0.312 e. The Hall–Kier alpha value is -1.71. The van der Waals surface area contributed by atoms with E-state index in [1.165, 1.54) is 0 Å². The van der Waals surface area contributed by atoms with Crippen LogP contribution in [0.3, 0.4) is 0 Å². The van der Waals surface area contributed by atoms with Gasteiger partial charge in [0.15, 0.2) is 0 Å². The lowest BCUT2D eigenvalue weighted by molar-refractivity contribution is -0.157. The Labute approximate surface area is 229 Å². The summed E-state index contributed by atoms with van der Waals surface area (Å²) in [5, 5.41) is 10.4. The molecule has 8 atom stereocenters. The van der Waals surface area contributed by atoms with E-state index in [0.717, 1.165) is 19.3 Å². The van der Waals surface area contributed by atoms with Crippen molar-refractivity contribution in [3.8, 4) is 0 Å². The molecular weight excluding hydrogens is 540 g/mol. The van der Waals surface area contributed by atoms with E-state index in [2.05, 4.69) is 29.1 Å². The molecule has 3 heterocycles. The molecule has 2 amide bonds. The van der Waals surface area contributed by atoms with Gasteiger partial charge in [0, 0.05) is 17.4 Å². The monoisotopic (exact) mass is 582 g/mol. The highest BCUT2D eigenvalue weighted by molar-refractivity contribution is 9.09. The summed E-state index contributed by atoms with van der Waals surface area (Å²) < 4.78 is 12.2. The first-order valence-electron chi connectivity index (χ1n) is 13.5. The summed E-state index contributed by atoms with van der Waals surface area (Å²) in [5.74, 6) is -2.72. The standard InChI is InChI=1S/C28H43BrN2O6/c1-7-10-11-12-14-36-27(35)21-22-25(33)31(20(16-32)18(6)9-3)24(26(34)30(13-8-2)17(4)5)28(22)15-19(29)23(21)37-28/h7-8,17-24,32H,1-2,9-16H2,3-6H3/t18-,19?,20-,21+,22-,23+,24?,28?/m0/s1. The molecule has 0 aromatic heterocycles. The first-order chi connectivity index (χ1) is 17.6. The van der Waals surface area contributed by atoms with E-state index in [0.29, 0.717) is 19.4 Å². The fourth-order valence-corrected chi connectivity index (χ4v) is 7.24. The predicted octanol–water partition coefficient (Wildman–Crippen LogP) is 3.46. The van der Waals surface area contributed by atoms with Crippen LogP contribution in [0.5, 0.6) is 0 Å². The molecule has 9 heteroatoms. The van der Waals surface area contributed by atoms with Crippen molar-refractivity contribution in [1.82, 2.24) is 9.80 Å². The van der Waals surface area contributed by atoms with Gasteiger partial charge in [-0.2, -0.15) is 0 Å². The van der Waals surface area contributed by atoms with Crippen LogP contribution in [0.25, 0.3) is 0 Å². The Kier molecular flexibility index (Phi) is 10.0. The first-order valence-corrected chi connectivity index (χ1v) is 14.5. The number of likely N-dealkylation sites (tertiary alicyclic amines) is 1. The van der Waals surface area contributed by atoms with E-state index >= 15 is 0 Å². The van der Waals surface area contributed by atoms with Gasteiger partial charge in [0.2, 0.25) is 11.8 Å². The van der Waals surface area contributed by atoms with E-state index in [1.807, 2.05) is 33.8 Å².